The third-order valence-electron chi connectivity index (χ3n) is 5.04. The highest BCUT2D eigenvalue weighted by Crippen LogP contribution is 2.35. The lowest BCUT2D eigenvalue weighted by Gasteiger charge is -2.14. The van der Waals surface area contributed by atoms with Gasteiger partial charge in [-0.05, 0) is 45.1 Å². The number of hydrogen-bond acceptors (Lipinski definition) is 2. The first kappa shape index (κ1) is 19.4. The van der Waals surface area contributed by atoms with Gasteiger partial charge in [-0.25, -0.2) is 0 Å². The fraction of sp³-hybridized carbons (Fsp3) is 0.375. The van der Waals surface area contributed by atoms with Gasteiger partial charge in [0.25, 0.3) is 0 Å². The molecule has 0 fully saturated rings. The van der Waals surface area contributed by atoms with Crippen molar-refractivity contribution in [3.63, 3.8) is 0 Å². The highest BCUT2D eigenvalue weighted by atomic mass is 16.1. The van der Waals surface area contributed by atoms with Crippen molar-refractivity contribution < 1.29 is 4.79 Å². The molecule has 0 saturated carbocycles. The van der Waals surface area contributed by atoms with Crippen LogP contribution in [0.1, 0.15) is 43.0 Å². The molecular weight excluding hydrogens is 332 g/mol. The molecule has 0 aliphatic rings. The van der Waals surface area contributed by atoms with Crippen molar-refractivity contribution in [2.75, 3.05) is 20.6 Å². The number of benzene rings is 2. The van der Waals surface area contributed by atoms with Crippen LogP contribution in [0.5, 0.6) is 0 Å². The fourth-order valence-corrected chi connectivity index (χ4v) is 3.72. The van der Waals surface area contributed by atoms with E-state index in [0.717, 1.165) is 60.1 Å². The Labute approximate surface area is 162 Å². The number of fused-ring (bicyclic) bond motifs is 1. The summed E-state index contributed by atoms with van der Waals surface area (Å²) in [6.07, 6.45) is 3.64. The Hall–Kier alpha value is -2.39. The van der Waals surface area contributed by atoms with Gasteiger partial charge in [-0.3, -0.25) is 4.79 Å². The number of rotatable bonds is 9. The molecular formula is C24H30N2O. The lowest BCUT2D eigenvalue weighted by Crippen LogP contribution is -2.15. The number of carbonyl (C=O) groups is 1. The van der Waals surface area contributed by atoms with E-state index in [0.29, 0.717) is 6.42 Å². The quantitative estimate of drug-likeness (QED) is 0.461. The number of carbonyl (C=O) groups excluding carboxylic acids is 1. The van der Waals surface area contributed by atoms with Gasteiger partial charge in [0.15, 0.2) is 5.78 Å². The largest absolute Gasteiger partial charge is 0.340 e. The van der Waals surface area contributed by atoms with Crippen molar-refractivity contribution in [2.45, 2.75) is 39.2 Å². The van der Waals surface area contributed by atoms with Gasteiger partial charge in [-0.2, -0.15) is 0 Å². The van der Waals surface area contributed by atoms with Crippen molar-refractivity contribution in [1.29, 1.82) is 0 Å². The average Bonchev–Trinajstić information content (AvgIpc) is 3.01. The van der Waals surface area contributed by atoms with E-state index in [2.05, 4.69) is 73.0 Å². The summed E-state index contributed by atoms with van der Waals surface area (Å²) in [7, 11) is 4.21. The Morgan fingerprint density at radius 3 is 2.37 bits per heavy atom. The minimum atomic E-state index is 0.262. The monoisotopic (exact) mass is 362 g/mol. The Kier molecular flexibility index (Phi) is 6.46. The molecule has 3 aromatic rings. The van der Waals surface area contributed by atoms with Gasteiger partial charge in [0.2, 0.25) is 0 Å². The number of nitrogens with zero attached hydrogens (tertiary/aromatic N) is 2. The highest BCUT2D eigenvalue weighted by molar-refractivity contribution is 6.13. The van der Waals surface area contributed by atoms with Gasteiger partial charge in [-0.15, -0.1) is 0 Å². The van der Waals surface area contributed by atoms with Crippen molar-refractivity contribution in [3.8, 4) is 11.3 Å². The number of ketones is 1. The normalized spacial score (nSPS) is 11.4. The predicted molar refractivity (Wildman–Crippen MR) is 114 cm³/mol. The summed E-state index contributed by atoms with van der Waals surface area (Å²) in [4.78, 5) is 15.4. The van der Waals surface area contributed by atoms with Crippen molar-refractivity contribution in [3.05, 3.63) is 60.2 Å². The van der Waals surface area contributed by atoms with Crippen LogP contribution in [0.25, 0.3) is 22.2 Å². The maximum absolute atomic E-state index is 13.2. The minimum absolute atomic E-state index is 0.262. The SMILES string of the molecule is CCCCC(=O)c1c(-c2ccccc2)n(CCCN(C)C)c2ccccc12. The van der Waals surface area contributed by atoms with E-state index in [1.807, 2.05) is 12.1 Å². The van der Waals surface area contributed by atoms with Crippen LogP contribution < -0.4 is 0 Å². The summed E-state index contributed by atoms with van der Waals surface area (Å²) in [5.41, 5.74) is 4.26. The molecule has 1 aromatic heterocycles. The Balaban J connectivity index is 2.17. The molecule has 0 bridgehead atoms. The van der Waals surface area contributed by atoms with Crippen molar-refractivity contribution in [1.82, 2.24) is 9.47 Å². The molecule has 0 aliphatic carbocycles. The molecule has 3 heteroatoms. The molecule has 0 spiro atoms. The van der Waals surface area contributed by atoms with Gasteiger partial charge in [0.1, 0.15) is 0 Å². The summed E-state index contributed by atoms with van der Waals surface area (Å²) < 4.78 is 2.35. The number of hydrogen-bond donors (Lipinski definition) is 0. The molecule has 0 saturated heterocycles. The van der Waals surface area contributed by atoms with Crippen LogP contribution in [0.2, 0.25) is 0 Å². The first-order valence-corrected chi connectivity index (χ1v) is 9.98. The van der Waals surface area contributed by atoms with E-state index in [4.69, 9.17) is 0 Å². The van der Waals surface area contributed by atoms with Crippen LogP contribution in [-0.2, 0) is 6.54 Å². The van der Waals surface area contributed by atoms with Crippen molar-refractivity contribution >= 4 is 16.7 Å². The molecule has 0 N–H and O–H groups in total. The van der Waals surface area contributed by atoms with Gasteiger partial charge < -0.3 is 9.47 Å². The van der Waals surface area contributed by atoms with Crippen LogP contribution in [0, 0.1) is 0 Å². The molecule has 1 heterocycles. The van der Waals surface area contributed by atoms with E-state index < -0.39 is 0 Å². The molecule has 0 unspecified atom stereocenters. The standard InChI is InChI=1S/C24H30N2O/c1-4-5-16-22(27)23-20-14-9-10-15-21(20)26(18-11-17-25(2)3)24(23)19-12-7-6-8-13-19/h6-10,12-15H,4-5,11,16-18H2,1-3H3. The molecule has 0 radical (unpaired) electrons. The third kappa shape index (κ3) is 4.30. The van der Waals surface area contributed by atoms with Crippen molar-refractivity contribution in [2.24, 2.45) is 0 Å². The molecule has 0 atom stereocenters. The molecule has 0 aliphatic heterocycles. The van der Waals surface area contributed by atoms with Crippen LogP contribution in [0.4, 0.5) is 0 Å². The first-order chi connectivity index (χ1) is 13.1. The third-order valence-corrected chi connectivity index (χ3v) is 5.04. The van der Waals surface area contributed by atoms with E-state index in [-0.39, 0.29) is 5.78 Å². The zero-order valence-corrected chi connectivity index (χ0v) is 16.7. The lowest BCUT2D eigenvalue weighted by molar-refractivity contribution is 0.0982. The highest BCUT2D eigenvalue weighted by Gasteiger charge is 2.22. The Morgan fingerprint density at radius 2 is 1.67 bits per heavy atom. The summed E-state index contributed by atoms with van der Waals surface area (Å²) in [6.45, 7) is 4.07. The maximum Gasteiger partial charge on any atom is 0.165 e. The molecule has 3 rings (SSSR count). The second-order valence-electron chi connectivity index (χ2n) is 7.44. The zero-order valence-electron chi connectivity index (χ0n) is 16.7. The molecule has 0 amide bonds. The van der Waals surface area contributed by atoms with E-state index in [9.17, 15) is 4.79 Å². The Bertz CT molecular complexity index is 893. The van der Waals surface area contributed by atoms with Crippen LogP contribution >= 0.6 is 0 Å². The van der Waals surface area contributed by atoms with E-state index in [1.54, 1.807) is 0 Å². The summed E-state index contributed by atoms with van der Waals surface area (Å²) in [6, 6.07) is 18.7. The maximum atomic E-state index is 13.2. The lowest BCUT2D eigenvalue weighted by atomic mass is 9.98. The predicted octanol–water partition coefficient (Wildman–Crippen LogP) is 5.63. The number of Topliss-reactive ketones (excluding diaryl/α,β-unsaturated/α-hetero) is 1. The van der Waals surface area contributed by atoms with Crippen LogP contribution in [0.15, 0.2) is 54.6 Å². The van der Waals surface area contributed by atoms with Crippen LogP contribution in [0.3, 0.4) is 0 Å². The first-order valence-electron chi connectivity index (χ1n) is 9.98. The van der Waals surface area contributed by atoms with E-state index >= 15 is 0 Å². The van der Waals surface area contributed by atoms with Gasteiger partial charge in [-0.1, -0.05) is 61.9 Å². The van der Waals surface area contributed by atoms with E-state index in [1.165, 1.54) is 0 Å². The number of aryl methyl sites for hydroxylation is 1. The molecule has 3 nitrogen and oxygen atoms in total. The molecule has 27 heavy (non-hydrogen) atoms. The zero-order chi connectivity index (χ0) is 19.2. The smallest absolute Gasteiger partial charge is 0.165 e. The fourth-order valence-electron chi connectivity index (χ4n) is 3.72. The number of para-hydroxylation sites is 1. The minimum Gasteiger partial charge on any atom is -0.340 e. The van der Waals surface area contributed by atoms with Crippen LogP contribution in [-0.4, -0.2) is 35.9 Å². The second-order valence-corrected chi connectivity index (χ2v) is 7.44. The molecule has 2 aromatic carbocycles. The van der Waals surface area contributed by atoms with Gasteiger partial charge in [0.05, 0.1) is 11.3 Å². The second kappa shape index (κ2) is 9.01. The topological polar surface area (TPSA) is 25.2 Å². The Morgan fingerprint density at radius 1 is 0.963 bits per heavy atom. The van der Waals surface area contributed by atoms with Gasteiger partial charge in [0, 0.05) is 23.9 Å². The summed E-state index contributed by atoms with van der Waals surface area (Å²) in [5.74, 6) is 0.262. The summed E-state index contributed by atoms with van der Waals surface area (Å²) >= 11 is 0. The number of unbranched alkanes of at least 4 members (excludes halogenated alkanes) is 1. The summed E-state index contributed by atoms with van der Waals surface area (Å²) in [5, 5.41) is 1.09. The average molecular weight is 363 g/mol. The van der Waals surface area contributed by atoms with Gasteiger partial charge >= 0.3 is 0 Å². The number of aromatic nitrogens is 1. The molecule has 142 valence electrons.